The number of rotatable bonds is 2. The van der Waals surface area contributed by atoms with E-state index >= 15 is 0 Å². The van der Waals surface area contributed by atoms with E-state index in [1.54, 1.807) is 0 Å². The summed E-state index contributed by atoms with van der Waals surface area (Å²) < 4.78 is 0. The molecule has 2 nitrogen and oxygen atoms in total. The third-order valence-electron chi connectivity index (χ3n) is 2.88. The Labute approximate surface area is 88.9 Å². The summed E-state index contributed by atoms with van der Waals surface area (Å²) in [6.45, 7) is 2.02. The van der Waals surface area contributed by atoms with Crippen LogP contribution in [0.3, 0.4) is 0 Å². The van der Waals surface area contributed by atoms with E-state index in [0.717, 1.165) is 23.7 Å². The molecule has 0 spiro atoms. The van der Waals surface area contributed by atoms with Gasteiger partial charge in [-0.2, -0.15) is 0 Å². The lowest BCUT2D eigenvalue weighted by Gasteiger charge is -2.17. The van der Waals surface area contributed by atoms with Crippen LogP contribution in [-0.4, -0.2) is 24.8 Å². The number of aliphatic hydroxyl groups excluding tert-OH is 1. The normalized spacial score (nSPS) is 26.7. The molecule has 0 amide bonds. The van der Waals surface area contributed by atoms with E-state index in [2.05, 4.69) is 5.32 Å². The molecule has 0 unspecified atom stereocenters. The van der Waals surface area contributed by atoms with Crippen molar-refractivity contribution >= 4 is 11.6 Å². The van der Waals surface area contributed by atoms with Crippen LogP contribution in [-0.2, 0) is 0 Å². The minimum Gasteiger partial charge on any atom is -0.396 e. The molecule has 1 fully saturated rings. The zero-order chi connectivity index (χ0) is 9.97. The molecule has 1 aliphatic heterocycles. The average molecular weight is 212 g/mol. The van der Waals surface area contributed by atoms with Crippen molar-refractivity contribution in [2.45, 2.75) is 5.92 Å². The van der Waals surface area contributed by atoms with Gasteiger partial charge in [0.15, 0.2) is 0 Å². The fraction of sp³-hybridized carbons (Fsp3) is 0.455. The number of benzene rings is 1. The van der Waals surface area contributed by atoms with Gasteiger partial charge >= 0.3 is 0 Å². The summed E-state index contributed by atoms with van der Waals surface area (Å²) in [6, 6.07) is 7.88. The van der Waals surface area contributed by atoms with Crippen LogP contribution in [0.2, 0.25) is 5.02 Å². The molecule has 2 atom stereocenters. The van der Waals surface area contributed by atoms with E-state index in [9.17, 15) is 5.11 Å². The summed E-state index contributed by atoms with van der Waals surface area (Å²) in [5, 5.41) is 13.3. The van der Waals surface area contributed by atoms with Gasteiger partial charge in [0.05, 0.1) is 0 Å². The third-order valence-corrected chi connectivity index (χ3v) is 3.22. The van der Waals surface area contributed by atoms with Gasteiger partial charge in [-0.3, -0.25) is 0 Å². The zero-order valence-corrected chi connectivity index (χ0v) is 8.67. The quantitative estimate of drug-likeness (QED) is 0.780. The molecule has 1 aliphatic rings. The molecule has 76 valence electrons. The molecule has 2 N–H and O–H groups in total. The molecule has 0 aliphatic carbocycles. The van der Waals surface area contributed by atoms with Crippen molar-refractivity contribution in [3.8, 4) is 0 Å². The van der Waals surface area contributed by atoms with Crippen LogP contribution >= 0.6 is 11.6 Å². The highest BCUT2D eigenvalue weighted by molar-refractivity contribution is 6.31. The fourth-order valence-corrected chi connectivity index (χ4v) is 2.34. The topological polar surface area (TPSA) is 32.3 Å². The monoisotopic (exact) mass is 211 g/mol. The number of nitrogens with one attached hydrogen (secondary N) is 1. The molecule has 2 rings (SSSR count). The lowest BCUT2D eigenvalue weighted by molar-refractivity contribution is 0.226. The van der Waals surface area contributed by atoms with Crippen molar-refractivity contribution in [2.24, 2.45) is 5.92 Å². The molecule has 0 bridgehead atoms. The van der Waals surface area contributed by atoms with E-state index in [1.807, 2.05) is 24.3 Å². The predicted octanol–water partition coefficient (Wildman–Crippen LogP) is 1.64. The molecule has 0 saturated carbocycles. The molecule has 1 saturated heterocycles. The second-order valence-corrected chi connectivity index (χ2v) is 4.14. The van der Waals surface area contributed by atoms with E-state index in [1.165, 1.54) is 0 Å². The molecule has 1 heterocycles. The van der Waals surface area contributed by atoms with Gasteiger partial charge in [-0.05, 0) is 11.6 Å². The molecular weight excluding hydrogens is 198 g/mol. The Hall–Kier alpha value is -0.570. The Morgan fingerprint density at radius 2 is 2.14 bits per heavy atom. The summed E-state index contributed by atoms with van der Waals surface area (Å²) in [5.74, 6) is 0.656. The molecule has 1 aromatic carbocycles. The maximum atomic E-state index is 9.21. The van der Waals surface area contributed by atoms with Crippen LogP contribution in [0.1, 0.15) is 11.5 Å². The largest absolute Gasteiger partial charge is 0.396 e. The first kappa shape index (κ1) is 9.97. The highest BCUT2D eigenvalue weighted by Crippen LogP contribution is 2.32. The molecular formula is C11H14ClNO. The molecule has 0 radical (unpaired) electrons. The van der Waals surface area contributed by atoms with Gasteiger partial charge in [-0.25, -0.2) is 0 Å². The smallest absolute Gasteiger partial charge is 0.0477 e. The van der Waals surface area contributed by atoms with Crippen LogP contribution in [0.15, 0.2) is 24.3 Å². The van der Waals surface area contributed by atoms with E-state index in [4.69, 9.17) is 11.6 Å². The maximum absolute atomic E-state index is 9.21. The van der Waals surface area contributed by atoms with Gasteiger partial charge in [0.2, 0.25) is 0 Å². The van der Waals surface area contributed by atoms with Crippen LogP contribution < -0.4 is 5.32 Å². The minimum atomic E-state index is 0.225. The molecule has 3 heteroatoms. The highest BCUT2D eigenvalue weighted by atomic mass is 35.5. The second-order valence-electron chi connectivity index (χ2n) is 3.73. The van der Waals surface area contributed by atoms with Crippen LogP contribution in [0, 0.1) is 5.92 Å². The zero-order valence-electron chi connectivity index (χ0n) is 7.91. The first-order valence-electron chi connectivity index (χ1n) is 4.89. The standard InChI is InChI=1S/C11H14ClNO/c12-11-4-2-1-3-9(11)10-6-13-5-8(10)7-14/h1-4,8,10,13-14H,5-7H2/t8-,10-/m1/s1. The summed E-state index contributed by atoms with van der Waals surface area (Å²) in [7, 11) is 0. The van der Waals surface area contributed by atoms with Crippen LogP contribution in [0.5, 0.6) is 0 Å². The lowest BCUT2D eigenvalue weighted by Crippen LogP contribution is -2.15. The summed E-state index contributed by atoms with van der Waals surface area (Å²) in [5.41, 5.74) is 1.15. The number of aliphatic hydroxyl groups is 1. The predicted molar refractivity (Wildman–Crippen MR) is 57.6 cm³/mol. The summed E-state index contributed by atoms with van der Waals surface area (Å²) >= 11 is 6.12. The van der Waals surface area contributed by atoms with Crippen molar-refractivity contribution in [1.29, 1.82) is 0 Å². The first-order chi connectivity index (χ1) is 6.83. The van der Waals surface area contributed by atoms with Crippen molar-refractivity contribution in [3.63, 3.8) is 0 Å². The Morgan fingerprint density at radius 3 is 2.86 bits per heavy atom. The Bertz CT molecular complexity index is 316. The molecule has 0 aromatic heterocycles. The SMILES string of the molecule is OC[C@H]1CNC[C@H]1c1ccccc1Cl. The Morgan fingerprint density at radius 1 is 1.36 bits per heavy atom. The molecule has 1 aromatic rings. The van der Waals surface area contributed by atoms with Crippen molar-refractivity contribution in [2.75, 3.05) is 19.7 Å². The van der Waals surface area contributed by atoms with Crippen molar-refractivity contribution in [1.82, 2.24) is 5.32 Å². The van der Waals surface area contributed by atoms with Crippen molar-refractivity contribution in [3.05, 3.63) is 34.9 Å². The average Bonchev–Trinajstić information content (AvgIpc) is 2.66. The Kier molecular flexibility index (Phi) is 3.06. The van der Waals surface area contributed by atoms with Crippen molar-refractivity contribution < 1.29 is 5.11 Å². The fourth-order valence-electron chi connectivity index (χ4n) is 2.06. The first-order valence-corrected chi connectivity index (χ1v) is 5.26. The van der Waals surface area contributed by atoms with E-state index < -0.39 is 0 Å². The van der Waals surface area contributed by atoms with Gasteiger partial charge in [-0.1, -0.05) is 29.8 Å². The second kappa shape index (κ2) is 4.30. The van der Waals surface area contributed by atoms with E-state index in [-0.39, 0.29) is 6.61 Å². The Balaban J connectivity index is 2.26. The number of hydrogen-bond acceptors (Lipinski definition) is 2. The number of halogens is 1. The maximum Gasteiger partial charge on any atom is 0.0477 e. The van der Waals surface area contributed by atoms with Gasteiger partial charge < -0.3 is 10.4 Å². The van der Waals surface area contributed by atoms with Crippen LogP contribution in [0.4, 0.5) is 0 Å². The van der Waals surface area contributed by atoms with Crippen LogP contribution in [0.25, 0.3) is 0 Å². The lowest BCUT2D eigenvalue weighted by atomic mass is 9.89. The summed E-state index contributed by atoms with van der Waals surface area (Å²) in [6.07, 6.45) is 0. The van der Waals surface area contributed by atoms with E-state index in [0.29, 0.717) is 11.8 Å². The highest BCUT2D eigenvalue weighted by Gasteiger charge is 2.28. The van der Waals surface area contributed by atoms with Gasteiger partial charge in [-0.15, -0.1) is 0 Å². The minimum absolute atomic E-state index is 0.225. The van der Waals surface area contributed by atoms with Gasteiger partial charge in [0.25, 0.3) is 0 Å². The molecule has 14 heavy (non-hydrogen) atoms. The van der Waals surface area contributed by atoms with Gasteiger partial charge in [0.1, 0.15) is 0 Å². The van der Waals surface area contributed by atoms with Gasteiger partial charge in [0, 0.05) is 36.6 Å². The number of hydrogen-bond donors (Lipinski definition) is 2. The third kappa shape index (κ3) is 1.78. The summed E-state index contributed by atoms with van der Waals surface area (Å²) in [4.78, 5) is 0.